The second-order valence-electron chi connectivity index (χ2n) is 6.19. The molecule has 1 aliphatic rings. The van der Waals surface area contributed by atoms with E-state index in [0.717, 1.165) is 33.7 Å². The molecule has 0 radical (unpaired) electrons. The van der Waals surface area contributed by atoms with E-state index in [9.17, 15) is 0 Å². The molecular formula is C19H14N6S. The van der Waals surface area contributed by atoms with E-state index in [0.29, 0.717) is 10.6 Å². The Labute approximate surface area is 154 Å². The van der Waals surface area contributed by atoms with E-state index < -0.39 is 0 Å². The molecule has 26 heavy (non-hydrogen) atoms. The van der Waals surface area contributed by atoms with Crippen LogP contribution in [0.1, 0.15) is 5.56 Å². The van der Waals surface area contributed by atoms with Crippen molar-refractivity contribution < 1.29 is 0 Å². The molecule has 0 aliphatic carbocycles. The number of rotatable bonds is 1. The minimum absolute atomic E-state index is 0.450. The van der Waals surface area contributed by atoms with Crippen molar-refractivity contribution >= 4 is 40.4 Å². The van der Waals surface area contributed by atoms with Crippen molar-refractivity contribution in [2.75, 3.05) is 10.7 Å². The molecule has 6 nitrogen and oxygen atoms in total. The molecule has 0 amide bonds. The van der Waals surface area contributed by atoms with Gasteiger partial charge >= 0.3 is 0 Å². The Morgan fingerprint density at radius 3 is 2.65 bits per heavy atom. The Balaban J connectivity index is 1.63. The molecule has 2 aromatic heterocycles. The average Bonchev–Trinajstić information content (AvgIpc) is 2.67. The topological polar surface area (TPSA) is 67.7 Å². The number of hydrogen-bond acceptors (Lipinski definition) is 6. The van der Waals surface area contributed by atoms with Crippen molar-refractivity contribution in [2.24, 2.45) is 0 Å². The van der Waals surface area contributed by atoms with E-state index in [1.165, 1.54) is 5.56 Å². The normalized spacial score (nSPS) is 12.0. The highest BCUT2D eigenvalue weighted by Crippen LogP contribution is 2.34. The zero-order chi connectivity index (χ0) is 17.7. The van der Waals surface area contributed by atoms with E-state index in [1.54, 1.807) is 4.68 Å². The lowest BCUT2D eigenvalue weighted by Crippen LogP contribution is -2.23. The Hall–Kier alpha value is -3.32. The van der Waals surface area contributed by atoms with Gasteiger partial charge in [-0.05, 0) is 37.3 Å². The molecule has 0 unspecified atom stereocenters. The Kier molecular flexibility index (Phi) is 3.23. The van der Waals surface area contributed by atoms with Crippen molar-refractivity contribution in [3.63, 3.8) is 0 Å². The van der Waals surface area contributed by atoms with Crippen LogP contribution in [-0.4, -0.2) is 19.9 Å². The summed E-state index contributed by atoms with van der Waals surface area (Å²) in [7, 11) is 0. The first-order valence-corrected chi connectivity index (χ1v) is 8.60. The van der Waals surface area contributed by atoms with Crippen molar-refractivity contribution in [2.45, 2.75) is 6.92 Å². The lowest BCUT2D eigenvalue weighted by molar-refractivity contribution is 0.877. The van der Waals surface area contributed by atoms with Crippen LogP contribution in [0.25, 0.3) is 22.2 Å². The third-order valence-electron chi connectivity index (χ3n) is 4.40. The van der Waals surface area contributed by atoms with Crippen molar-refractivity contribution in [3.05, 3.63) is 64.9 Å². The first kappa shape index (κ1) is 15.0. The molecule has 5 rings (SSSR count). The number of nitrogens with zero attached hydrogens (tertiary/aromatic N) is 4. The minimum atomic E-state index is 0.450. The summed E-state index contributed by atoms with van der Waals surface area (Å²) >= 11 is 5.45. The highest BCUT2D eigenvalue weighted by atomic mass is 32.1. The van der Waals surface area contributed by atoms with Gasteiger partial charge in [0, 0.05) is 10.9 Å². The maximum absolute atomic E-state index is 5.45. The molecule has 3 heterocycles. The highest BCUT2D eigenvalue weighted by molar-refractivity contribution is 7.71. The zero-order valence-corrected chi connectivity index (χ0v) is 14.7. The monoisotopic (exact) mass is 358 g/mol. The third-order valence-corrected chi connectivity index (χ3v) is 4.67. The number of benzene rings is 2. The fourth-order valence-electron chi connectivity index (χ4n) is 3.03. The molecule has 0 bridgehead atoms. The molecule has 4 aromatic rings. The van der Waals surface area contributed by atoms with Gasteiger partial charge in [0.1, 0.15) is 11.5 Å². The second-order valence-corrected chi connectivity index (χ2v) is 6.56. The van der Waals surface area contributed by atoms with Crippen LogP contribution in [0.4, 0.5) is 17.3 Å². The van der Waals surface area contributed by atoms with Crippen LogP contribution in [0.3, 0.4) is 0 Å². The third kappa shape index (κ3) is 2.33. The quantitative estimate of drug-likeness (QED) is 0.431. The van der Waals surface area contributed by atoms with Gasteiger partial charge in [0.05, 0.1) is 11.2 Å². The maximum Gasteiger partial charge on any atom is 0.221 e. The number of anilines is 3. The van der Waals surface area contributed by atoms with Gasteiger partial charge in [0.15, 0.2) is 5.82 Å². The van der Waals surface area contributed by atoms with Crippen LogP contribution >= 0.6 is 12.2 Å². The molecule has 7 heteroatoms. The summed E-state index contributed by atoms with van der Waals surface area (Å²) in [6, 6.07) is 18.0. The van der Waals surface area contributed by atoms with Crippen molar-refractivity contribution in [1.82, 2.24) is 19.9 Å². The number of hydrogen-bond donors (Lipinski definition) is 2. The maximum atomic E-state index is 5.45. The number of para-hydroxylation sites is 1. The molecule has 2 N–H and O–H groups in total. The second kappa shape index (κ2) is 5.60. The lowest BCUT2D eigenvalue weighted by Gasteiger charge is -2.25. The molecule has 0 fully saturated rings. The number of nitrogens with one attached hydrogen (secondary N) is 2. The van der Waals surface area contributed by atoms with E-state index >= 15 is 0 Å². The van der Waals surface area contributed by atoms with Crippen molar-refractivity contribution in [1.29, 1.82) is 0 Å². The summed E-state index contributed by atoms with van der Waals surface area (Å²) in [5, 5.41) is 13.0. The summed E-state index contributed by atoms with van der Waals surface area (Å²) in [5.41, 5.74) is 7.96. The SMILES string of the molecule is Cc1ccc(-c2cc3c(nn2)Nc2c4ccccc4nc(=S)n2N3)cc1. The molecule has 0 saturated carbocycles. The van der Waals surface area contributed by atoms with Crippen LogP contribution in [0.15, 0.2) is 54.6 Å². The fraction of sp³-hybridized carbons (Fsp3) is 0.0526. The van der Waals surface area contributed by atoms with Crippen molar-refractivity contribution in [3.8, 4) is 11.3 Å². The summed E-state index contributed by atoms with van der Waals surface area (Å²) in [6.45, 7) is 2.06. The summed E-state index contributed by atoms with van der Waals surface area (Å²) in [5.74, 6) is 1.47. The lowest BCUT2D eigenvalue weighted by atomic mass is 10.1. The van der Waals surface area contributed by atoms with Crippen LogP contribution in [-0.2, 0) is 0 Å². The molecule has 0 saturated heterocycles. The van der Waals surface area contributed by atoms with Gasteiger partial charge in [-0.1, -0.05) is 42.0 Å². The number of aryl methyl sites for hydroxylation is 1. The van der Waals surface area contributed by atoms with Crippen LogP contribution in [0, 0.1) is 11.7 Å². The van der Waals surface area contributed by atoms with Gasteiger partial charge in [-0.15, -0.1) is 10.2 Å². The standard InChI is InChI=1S/C19H14N6S/c1-11-6-8-12(9-7-11)15-10-16-17(23-22-15)21-18-13-4-2-3-5-14(13)20-19(26)25(18)24-16/h2-10,24H,1H3,(H,21,23). The Morgan fingerprint density at radius 2 is 1.81 bits per heavy atom. The molecular weight excluding hydrogens is 344 g/mol. The Bertz CT molecular complexity index is 1210. The smallest absolute Gasteiger partial charge is 0.221 e. The number of fused-ring (bicyclic) bond motifs is 4. The first-order valence-electron chi connectivity index (χ1n) is 8.20. The summed E-state index contributed by atoms with van der Waals surface area (Å²) in [6.07, 6.45) is 0. The van der Waals surface area contributed by atoms with Crippen LogP contribution in [0.2, 0.25) is 0 Å². The van der Waals surface area contributed by atoms with E-state index in [4.69, 9.17) is 12.2 Å². The van der Waals surface area contributed by atoms with Gasteiger partial charge in [-0.2, -0.15) is 0 Å². The molecule has 2 aromatic carbocycles. The Morgan fingerprint density at radius 1 is 1.00 bits per heavy atom. The molecule has 0 spiro atoms. The molecule has 1 aliphatic heterocycles. The van der Waals surface area contributed by atoms with E-state index in [1.807, 2.05) is 42.5 Å². The van der Waals surface area contributed by atoms with Gasteiger partial charge in [-0.25, -0.2) is 9.66 Å². The van der Waals surface area contributed by atoms with Gasteiger partial charge in [0.25, 0.3) is 0 Å². The fourth-order valence-corrected chi connectivity index (χ4v) is 3.27. The summed E-state index contributed by atoms with van der Waals surface area (Å²) < 4.78 is 2.21. The van der Waals surface area contributed by atoms with E-state index in [-0.39, 0.29) is 0 Å². The van der Waals surface area contributed by atoms with Gasteiger partial charge in [-0.3, -0.25) is 5.43 Å². The summed E-state index contributed by atoms with van der Waals surface area (Å²) in [4.78, 5) is 4.49. The molecule has 126 valence electrons. The number of aromatic nitrogens is 4. The van der Waals surface area contributed by atoms with E-state index in [2.05, 4.69) is 45.0 Å². The predicted octanol–water partition coefficient (Wildman–Crippen LogP) is 4.46. The minimum Gasteiger partial charge on any atom is -0.321 e. The molecule has 0 atom stereocenters. The first-order chi connectivity index (χ1) is 12.7. The largest absolute Gasteiger partial charge is 0.321 e. The predicted molar refractivity (Wildman–Crippen MR) is 105 cm³/mol. The zero-order valence-electron chi connectivity index (χ0n) is 13.9. The van der Waals surface area contributed by atoms with Gasteiger partial charge in [0.2, 0.25) is 4.77 Å². The van der Waals surface area contributed by atoms with Crippen LogP contribution in [0.5, 0.6) is 0 Å². The van der Waals surface area contributed by atoms with Gasteiger partial charge < -0.3 is 5.32 Å². The highest BCUT2D eigenvalue weighted by Gasteiger charge is 2.20. The van der Waals surface area contributed by atoms with Crippen LogP contribution < -0.4 is 10.7 Å². The average molecular weight is 358 g/mol.